The van der Waals surface area contributed by atoms with Crippen molar-refractivity contribution in [3.05, 3.63) is 77.9 Å². The smallest absolute Gasteiger partial charge is 0.240 e. The van der Waals surface area contributed by atoms with Crippen LogP contribution in [-0.2, 0) is 18.6 Å². The molecule has 0 spiro atoms. The normalized spacial score (nSPS) is 20.3. The van der Waals surface area contributed by atoms with Gasteiger partial charge in [0, 0.05) is 12.0 Å². The Bertz CT molecular complexity index is 908. The lowest BCUT2D eigenvalue weighted by Crippen LogP contribution is -2.32. The highest BCUT2D eigenvalue weighted by Gasteiger charge is 2.61. The molecule has 146 valence electrons. The second kappa shape index (κ2) is 7.40. The highest BCUT2D eigenvalue weighted by Crippen LogP contribution is 2.64. The Hall–Kier alpha value is -2.66. The van der Waals surface area contributed by atoms with E-state index in [4.69, 9.17) is 9.26 Å². The van der Waals surface area contributed by atoms with E-state index >= 15 is 0 Å². The summed E-state index contributed by atoms with van der Waals surface area (Å²) in [6.07, 6.45) is 1.19. The van der Waals surface area contributed by atoms with Gasteiger partial charge in [-0.1, -0.05) is 67.5 Å². The molecule has 28 heavy (non-hydrogen) atoms. The molecule has 2 aromatic carbocycles. The highest BCUT2D eigenvalue weighted by molar-refractivity contribution is 5.37. The first-order chi connectivity index (χ1) is 13.5. The van der Waals surface area contributed by atoms with Gasteiger partial charge in [0.25, 0.3) is 0 Å². The van der Waals surface area contributed by atoms with E-state index in [0.29, 0.717) is 30.3 Å². The summed E-state index contributed by atoms with van der Waals surface area (Å²) in [5, 5.41) is 4.05. The van der Waals surface area contributed by atoms with Crippen LogP contribution in [0.1, 0.15) is 37.5 Å². The second-order valence-corrected chi connectivity index (χ2v) is 8.39. The largest absolute Gasteiger partial charge is 0.485 e. The topological polar surface area (TPSA) is 51.4 Å². The number of rotatable bonds is 8. The summed E-state index contributed by atoms with van der Waals surface area (Å²) in [4.78, 5) is 6.76. The monoisotopic (exact) mass is 377 g/mol. The number of benzene rings is 2. The van der Waals surface area contributed by atoms with Crippen LogP contribution in [0.2, 0.25) is 0 Å². The van der Waals surface area contributed by atoms with Crippen LogP contribution in [0.5, 0.6) is 5.75 Å². The van der Waals surface area contributed by atoms with Crippen molar-refractivity contribution in [3.8, 4) is 5.75 Å². The molecular weight excluding hydrogens is 350 g/mol. The minimum atomic E-state index is 0.183. The molecule has 0 aliphatic heterocycles. The van der Waals surface area contributed by atoms with Gasteiger partial charge in [0.05, 0.1) is 6.54 Å². The molecule has 1 aromatic heterocycles. The third-order valence-electron chi connectivity index (χ3n) is 5.81. The second-order valence-electron chi connectivity index (χ2n) is 8.39. The van der Waals surface area contributed by atoms with Gasteiger partial charge in [-0.25, -0.2) is 0 Å². The SMILES string of the molecule is CN(Cc1nc(COc2ccccc2)no1)CC1(c2ccccc2)CC1(C)C. The van der Waals surface area contributed by atoms with Crippen molar-refractivity contribution in [1.82, 2.24) is 15.0 Å². The van der Waals surface area contributed by atoms with Crippen LogP contribution in [-0.4, -0.2) is 28.6 Å². The van der Waals surface area contributed by atoms with Crippen LogP contribution >= 0.6 is 0 Å². The van der Waals surface area contributed by atoms with E-state index in [-0.39, 0.29) is 5.41 Å². The first-order valence-corrected chi connectivity index (χ1v) is 9.72. The van der Waals surface area contributed by atoms with Crippen molar-refractivity contribution >= 4 is 0 Å². The fraction of sp³-hybridized carbons (Fsp3) is 0.391. The molecule has 1 aliphatic carbocycles. The van der Waals surface area contributed by atoms with Crippen molar-refractivity contribution in [3.63, 3.8) is 0 Å². The number of para-hydroxylation sites is 1. The first kappa shape index (κ1) is 18.7. The number of aromatic nitrogens is 2. The van der Waals surface area contributed by atoms with E-state index in [0.717, 1.165) is 12.3 Å². The number of hydrogen-bond donors (Lipinski definition) is 0. The fourth-order valence-corrected chi connectivity index (χ4v) is 4.15. The third-order valence-corrected chi connectivity index (χ3v) is 5.81. The van der Waals surface area contributed by atoms with Gasteiger partial charge in [0.1, 0.15) is 5.75 Å². The Labute approximate surface area is 166 Å². The van der Waals surface area contributed by atoms with Gasteiger partial charge in [-0.15, -0.1) is 0 Å². The minimum Gasteiger partial charge on any atom is -0.485 e. The van der Waals surface area contributed by atoms with Gasteiger partial charge >= 0.3 is 0 Å². The fourth-order valence-electron chi connectivity index (χ4n) is 4.15. The van der Waals surface area contributed by atoms with Crippen molar-refractivity contribution in [1.29, 1.82) is 0 Å². The molecule has 0 N–H and O–H groups in total. The van der Waals surface area contributed by atoms with Gasteiger partial charge in [-0.2, -0.15) is 4.98 Å². The van der Waals surface area contributed by atoms with Crippen LogP contribution < -0.4 is 4.74 Å². The summed E-state index contributed by atoms with van der Waals surface area (Å²) >= 11 is 0. The van der Waals surface area contributed by atoms with Crippen molar-refractivity contribution in [2.45, 2.75) is 38.8 Å². The summed E-state index contributed by atoms with van der Waals surface area (Å²) < 4.78 is 11.1. The van der Waals surface area contributed by atoms with Crippen molar-refractivity contribution in [2.24, 2.45) is 5.41 Å². The molecule has 1 heterocycles. The zero-order chi connectivity index (χ0) is 19.6. The maximum Gasteiger partial charge on any atom is 0.240 e. The molecular formula is C23H27N3O2. The highest BCUT2D eigenvalue weighted by atomic mass is 16.5. The zero-order valence-corrected chi connectivity index (χ0v) is 16.8. The lowest BCUT2D eigenvalue weighted by molar-refractivity contribution is 0.233. The molecule has 3 aromatic rings. The van der Waals surface area contributed by atoms with E-state index in [1.807, 2.05) is 30.3 Å². The van der Waals surface area contributed by atoms with Crippen molar-refractivity contribution < 1.29 is 9.26 Å². The van der Waals surface area contributed by atoms with E-state index in [2.05, 4.69) is 66.3 Å². The maximum absolute atomic E-state index is 5.69. The average Bonchev–Trinajstić information content (AvgIpc) is 3.01. The molecule has 0 radical (unpaired) electrons. The predicted octanol–water partition coefficient (Wildman–Crippen LogP) is 4.45. The molecule has 1 saturated carbocycles. The molecule has 0 saturated heterocycles. The summed E-state index contributed by atoms with van der Waals surface area (Å²) in [6.45, 7) is 6.59. The van der Waals surface area contributed by atoms with Crippen LogP contribution in [0, 0.1) is 5.41 Å². The number of likely N-dealkylation sites (N-methyl/N-ethyl adjacent to an activating group) is 1. The predicted molar refractivity (Wildman–Crippen MR) is 108 cm³/mol. The molecule has 5 heteroatoms. The molecule has 1 unspecified atom stereocenters. The molecule has 5 nitrogen and oxygen atoms in total. The Morgan fingerprint density at radius 1 is 1.04 bits per heavy atom. The summed E-state index contributed by atoms with van der Waals surface area (Å²) in [6, 6.07) is 20.5. The minimum absolute atomic E-state index is 0.183. The van der Waals surface area contributed by atoms with Crippen LogP contribution in [0.25, 0.3) is 0 Å². The van der Waals surface area contributed by atoms with Gasteiger partial charge in [0.2, 0.25) is 11.7 Å². The summed E-state index contributed by atoms with van der Waals surface area (Å²) in [7, 11) is 2.11. The van der Waals surface area contributed by atoms with Crippen LogP contribution in [0.15, 0.2) is 65.2 Å². The van der Waals surface area contributed by atoms with Crippen LogP contribution in [0.4, 0.5) is 0 Å². The molecule has 0 bridgehead atoms. The molecule has 0 amide bonds. The van der Waals surface area contributed by atoms with E-state index in [1.165, 1.54) is 12.0 Å². The Kier molecular flexibility index (Phi) is 4.94. The lowest BCUT2D eigenvalue weighted by atomic mass is 9.87. The van der Waals surface area contributed by atoms with E-state index in [9.17, 15) is 0 Å². The first-order valence-electron chi connectivity index (χ1n) is 9.72. The Balaban J connectivity index is 1.36. The van der Waals surface area contributed by atoms with Gasteiger partial charge in [0.15, 0.2) is 6.61 Å². The molecule has 1 fully saturated rings. The Morgan fingerprint density at radius 3 is 2.32 bits per heavy atom. The summed E-state index contributed by atoms with van der Waals surface area (Å²) in [5.41, 5.74) is 1.89. The van der Waals surface area contributed by atoms with Crippen molar-refractivity contribution in [2.75, 3.05) is 13.6 Å². The standard InChI is InChI=1S/C23H27N3O2/c1-22(2)16-23(22,18-10-6-4-7-11-18)17-26(3)14-21-24-20(25-28-21)15-27-19-12-8-5-9-13-19/h4-13H,14-17H2,1-3H3. The van der Waals surface area contributed by atoms with Crippen LogP contribution in [0.3, 0.4) is 0 Å². The number of nitrogens with zero attached hydrogens (tertiary/aromatic N) is 3. The third kappa shape index (κ3) is 3.80. The van der Waals surface area contributed by atoms with Gasteiger partial charge < -0.3 is 9.26 Å². The molecule has 4 rings (SSSR count). The maximum atomic E-state index is 5.69. The average molecular weight is 377 g/mol. The van der Waals surface area contributed by atoms with Gasteiger partial charge in [-0.3, -0.25) is 4.90 Å². The van der Waals surface area contributed by atoms with E-state index < -0.39 is 0 Å². The quantitative estimate of drug-likeness (QED) is 0.580. The molecule has 1 aliphatic rings. The summed E-state index contributed by atoms with van der Waals surface area (Å²) in [5.74, 6) is 1.99. The number of hydrogen-bond acceptors (Lipinski definition) is 5. The lowest BCUT2D eigenvalue weighted by Gasteiger charge is -2.26. The molecule has 1 atom stereocenters. The number of ether oxygens (including phenoxy) is 1. The van der Waals surface area contributed by atoms with Gasteiger partial charge in [-0.05, 0) is 36.6 Å². The zero-order valence-electron chi connectivity index (χ0n) is 16.8. The Morgan fingerprint density at radius 2 is 1.68 bits per heavy atom. The van der Waals surface area contributed by atoms with E-state index in [1.54, 1.807) is 0 Å².